The van der Waals surface area contributed by atoms with Crippen molar-refractivity contribution in [3.63, 3.8) is 0 Å². The van der Waals surface area contributed by atoms with Crippen LogP contribution in [0, 0.1) is 11.3 Å². The fourth-order valence-electron chi connectivity index (χ4n) is 1.91. The van der Waals surface area contributed by atoms with Gasteiger partial charge in [0, 0.05) is 6.42 Å². The number of nitrogens with zero attached hydrogens (tertiary/aromatic N) is 1. The van der Waals surface area contributed by atoms with Gasteiger partial charge in [-0.1, -0.05) is 0 Å². The van der Waals surface area contributed by atoms with Crippen molar-refractivity contribution >= 4 is 25.2 Å². The van der Waals surface area contributed by atoms with Crippen LogP contribution >= 0.6 is 0 Å². The van der Waals surface area contributed by atoms with Crippen LogP contribution in [0.5, 0.6) is 0 Å². The number of hydrogen-bond donors (Lipinski definition) is 0. The van der Waals surface area contributed by atoms with Crippen molar-refractivity contribution in [2.45, 2.75) is 64.7 Å². The molecule has 0 saturated heterocycles. The molecule has 0 fully saturated rings. The van der Waals surface area contributed by atoms with E-state index >= 15 is 0 Å². The Balaban J connectivity index is 4.64. The van der Waals surface area contributed by atoms with Crippen molar-refractivity contribution in [2.24, 2.45) is 0 Å². The van der Waals surface area contributed by atoms with Crippen molar-refractivity contribution in [3.05, 3.63) is 0 Å². The molecule has 0 aromatic rings. The Bertz CT molecular complexity index is 260. The highest BCUT2D eigenvalue weighted by Gasteiger charge is 2.39. The molecule has 0 rings (SSSR count). The molecule has 0 aliphatic carbocycles. The zero-order valence-electron chi connectivity index (χ0n) is 12.4. The van der Waals surface area contributed by atoms with E-state index in [2.05, 4.69) is 51.9 Å². The van der Waals surface area contributed by atoms with Crippen LogP contribution < -0.4 is 0 Å². The van der Waals surface area contributed by atoms with Crippen molar-refractivity contribution in [2.75, 3.05) is 0 Å². The van der Waals surface area contributed by atoms with E-state index in [0.717, 1.165) is 12.5 Å². The molecule has 0 atom stereocenters. The summed E-state index contributed by atoms with van der Waals surface area (Å²) >= 11 is 0. The molecule has 0 bridgehead atoms. The van der Waals surface area contributed by atoms with Gasteiger partial charge in [0.05, 0.1) is 6.07 Å². The average Bonchev–Trinajstić information content (AvgIpc) is 1.96. The lowest BCUT2D eigenvalue weighted by Crippen LogP contribution is -2.52. The van der Waals surface area contributed by atoms with Crippen LogP contribution in [0.2, 0.25) is 51.9 Å². The van der Waals surface area contributed by atoms with Crippen molar-refractivity contribution in [3.8, 4) is 6.07 Å². The van der Waals surface area contributed by atoms with Crippen LogP contribution in [0.25, 0.3) is 0 Å². The smallest absolute Gasteiger partial charge is 0.314 e. The van der Waals surface area contributed by atoms with Gasteiger partial charge in [0.1, 0.15) is 0 Å². The minimum absolute atomic E-state index is 0.604. The molecule has 3 nitrogen and oxygen atoms in total. The second-order valence-electron chi connectivity index (χ2n) is 6.57. The molecule has 0 N–H and O–H groups in total. The van der Waals surface area contributed by atoms with E-state index < -0.39 is 25.2 Å². The summed E-state index contributed by atoms with van der Waals surface area (Å²) in [6, 6.07) is 3.14. The Morgan fingerprint density at radius 3 is 1.59 bits per heavy atom. The van der Waals surface area contributed by atoms with Gasteiger partial charge in [-0.2, -0.15) is 5.26 Å². The summed E-state index contributed by atoms with van der Waals surface area (Å²) in [4.78, 5) is 0. The number of rotatable bonds is 7. The Morgan fingerprint density at radius 1 is 0.882 bits per heavy atom. The largest absolute Gasteiger partial charge is 0.437 e. The third-order valence-corrected chi connectivity index (χ3v) is 11.6. The standard InChI is InChI=1S/C11H27NO2Si3/c1-15(2,3)13-17(7,11-9-8-10-12)14-16(4,5)6/h8-9,11H2,1-7H3. The van der Waals surface area contributed by atoms with E-state index in [1.54, 1.807) is 0 Å². The van der Waals surface area contributed by atoms with Gasteiger partial charge < -0.3 is 8.23 Å². The highest BCUT2D eigenvalue weighted by Crippen LogP contribution is 2.25. The molecule has 6 heteroatoms. The molecule has 0 heterocycles. The Kier molecular flexibility index (Phi) is 6.32. The first-order chi connectivity index (χ1) is 7.47. The average molecular weight is 290 g/mol. The summed E-state index contributed by atoms with van der Waals surface area (Å²) in [5.41, 5.74) is 0. The molecule has 0 aliphatic rings. The predicted molar refractivity (Wildman–Crippen MR) is 80.1 cm³/mol. The first kappa shape index (κ1) is 17.1. The Morgan fingerprint density at radius 2 is 1.29 bits per heavy atom. The summed E-state index contributed by atoms with van der Waals surface area (Å²) in [5, 5.41) is 8.63. The third-order valence-electron chi connectivity index (χ3n) is 1.96. The summed E-state index contributed by atoms with van der Waals surface area (Å²) in [6.45, 7) is 15.4. The fourth-order valence-corrected chi connectivity index (χ4v) is 14.4. The molecule has 0 unspecified atom stereocenters. The lowest BCUT2D eigenvalue weighted by atomic mass is 10.4. The van der Waals surface area contributed by atoms with E-state index in [4.69, 9.17) is 13.5 Å². The van der Waals surface area contributed by atoms with Crippen LogP contribution in [-0.2, 0) is 8.23 Å². The van der Waals surface area contributed by atoms with Crippen LogP contribution in [0.1, 0.15) is 12.8 Å². The normalized spacial score (nSPS) is 13.5. The summed E-state index contributed by atoms with van der Waals surface area (Å²) in [6.07, 6.45) is 1.50. The van der Waals surface area contributed by atoms with Gasteiger partial charge in [-0.15, -0.1) is 0 Å². The van der Waals surface area contributed by atoms with E-state index in [9.17, 15) is 0 Å². The molecule has 0 saturated carbocycles. The molecule has 0 aromatic heterocycles. The van der Waals surface area contributed by atoms with Crippen LogP contribution in [0.4, 0.5) is 0 Å². The maximum absolute atomic E-state index is 8.63. The van der Waals surface area contributed by atoms with E-state index in [0.29, 0.717) is 6.42 Å². The van der Waals surface area contributed by atoms with Gasteiger partial charge in [-0.05, 0) is 58.3 Å². The van der Waals surface area contributed by atoms with Gasteiger partial charge in [-0.25, -0.2) is 0 Å². The predicted octanol–water partition coefficient (Wildman–Crippen LogP) is 4.07. The third kappa shape index (κ3) is 9.73. The summed E-state index contributed by atoms with van der Waals surface area (Å²) in [5.74, 6) is 0. The Hall–Kier alpha value is 0.0606. The second-order valence-corrected chi connectivity index (χ2v) is 19.4. The number of nitriles is 1. The molecule has 0 spiro atoms. The number of unbranched alkanes of at least 4 members (excludes halogenated alkanes) is 1. The second kappa shape index (κ2) is 6.29. The monoisotopic (exact) mass is 289 g/mol. The van der Waals surface area contributed by atoms with Crippen LogP contribution in [0.15, 0.2) is 0 Å². The van der Waals surface area contributed by atoms with Crippen LogP contribution in [-0.4, -0.2) is 25.2 Å². The molecule has 17 heavy (non-hydrogen) atoms. The highest BCUT2D eigenvalue weighted by molar-refractivity contribution is 6.87. The fraction of sp³-hybridized carbons (Fsp3) is 0.909. The van der Waals surface area contributed by atoms with Crippen LogP contribution in [0.3, 0.4) is 0 Å². The van der Waals surface area contributed by atoms with E-state index in [-0.39, 0.29) is 0 Å². The number of hydrogen-bond acceptors (Lipinski definition) is 3. The molecule has 100 valence electrons. The van der Waals surface area contributed by atoms with Crippen molar-refractivity contribution in [1.82, 2.24) is 0 Å². The Labute approximate surface area is 110 Å². The maximum Gasteiger partial charge on any atom is 0.314 e. The summed E-state index contributed by atoms with van der Waals surface area (Å²) < 4.78 is 12.7. The summed E-state index contributed by atoms with van der Waals surface area (Å²) in [7, 11) is -5.24. The van der Waals surface area contributed by atoms with Gasteiger partial charge in [-0.3, -0.25) is 0 Å². The zero-order valence-corrected chi connectivity index (χ0v) is 15.4. The van der Waals surface area contributed by atoms with Gasteiger partial charge >= 0.3 is 8.56 Å². The highest BCUT2D eigenvalue weighted by atomic mass is 28.5. The SMILES string of the molecule is C[Si](C)(C)O[Si](C)(CCCC#N)O[Si](C)(C)C. The molecule has 0 aliphatic heterocycles. The molecular weight excluding hydrogens is 262 g/mol. The lowest BCUT2D eigenvalue weighted by molar-refractivity contribution is 0.382. The van der Waals surface area contributed by atoms with Crippen molar-refractivity contribution in [1.29, 1.82) is 5.26 Å². The zero-order chi connectivity index (χ0) is 13.7. The van der Waals surface area contributed by atoms with E-state index in [1.807, 2.05) is 0 Å². The molecule has 0 radical (unpaired) electrons. The minimum atomic E-state index is -2.09. The van der Waals surface area contributed by atoms with Gasteiger partial charge in [0.15, 0.2) is 16.6 Å². The first-order valence-electron chi connectivity index (χ1n) is 6.25. The lowest BCUT2D eigenvalue weighted by Gasteiger charge is -2.38. The minimum Gasteiger partial charge on any atom is -0.437 e. The molecular formula is C11H27NO2Si3. The van der Waals surface area contributed by atoms with Crippen molar-refractivity contribution < 1.29 is 8.23 Å². The molecule has 0 amide bonds. The topological polar surface area (TPSA) is 42.2 Å². The molecule has 0 aromatic carbocycles. The quantitative estimate of drug-likeness (QED) is 0.524. The van der Waals surface area contributed by atoms with Gasteiger partial charge in [0.25, 0.3) is 0 Å². The van der Waals surface area contributed by atoms with Gasteiger partial charge in [0.2, 0.25) is 0 Å². The van der Waals surface area contributed by atoms with E-state index in [1.165, 1.54) is 0 Å². The first-order valence-corrected chi connectivity index (χ1v) is 15.6. The maximum atomic E-state index is 8.63.